The summed E-state index contributed by atoms with van der Waals surface area (Å²) in [6, 6.07) is 1.86. The molecule has 1 N–H and O–H groups in total. The predicted molar refractivity (Wildman–Crippen MR) is 103 cm³/mol. The summed E-state index contributed by atoms with van der Waals surface area (Å²) in [5, 5.41) is 7.55. The number of methoxy groups -OCH3 is 1. The van der Waals surface area contributed by atoms with Crippen LogP contribution in [0.3, 0.4) is 0 Å². The summed E-state index contributed by atoms with van der Waals surface area (Å²) in [5.41, 5.74) is 5.67. The van der Waals surface area contributed by atoms with Crippen molar-refractivity contribution in [1.82, 2.24) is 20.1 Å². The van der Waals surface area contributed by atoms with E-state index in [9.17, 15) is 9.59 Å². The predicted octanol–water partition coefficient (Wildman–Crippen LogP) is 2.52. The fourth-order valence-electron chi connectivity index (χ4n) is 4.31. The Morgan fingerprint density at radius 3 is 2.79 bits per heavy atom. The SMILES string of the molecule is COC(=O)c1c(CNC(=O)c2cc(C)nc3c2CCCC3)nn2c1CCCC2. The Morgan fingerprint density at radius 2 is 1.96 bits per heavy atom. The Labute approximate surface area is 164 Å². The van der Waals surface area contributed by atoms with Crippen molar-refractivity contribution in [3.63, 3.8) is 0 Å². The van der Waals surface area contributed by atoms with Gasteiger partial charge in [0.05, 0.1) is 25.0 Å². The second kappa shape index (κ2) is 7.73. The summed E-state index contributed by atoms with van der Waals surface area (Å²) in [6.45, 7) is 2.92. The van der Waals surface area contributed by atoms with Crippen LogP contribution < -0.4 is 5.32 Å². The van der Waals surface area contributed by atoms with Gasteiger partial charge in [-0.1, -0.05) is 0 Å². The van der Waals surface area contributed by atoms with Crippen LogP contribution in [-0.2, 0) is 37.1 Å². The first-order chi connectivity index (χ1) is 13.6. The summed E-state index contributed by atoms with van der Waals surface area (Å²) in [4.78, 5) is 29.9. The number of aryl methyl sites for hydroxylation is 3. The van der Waals surface area contributed by atoms with Crippen molar-refractivity contribution in [2.24, 2.45) is 0 Å². The number of nitrogens with one attached hydrogen (secondary N) is 1. The molecule has 28 heavy (non-hydrogen) atoms. The lowest BCUT2D eigenvalue weighted by atomic mass is 9.91. The summed E-state index contributed by atoms with van der Waals surface area (Å²) in [7, 11) is 1.38. The van der Waals surface area contributed by atoms with Crippen LogP contribution in [0.2, 0.25) is 0 Å². The first-order valence-corrected chi connectivity index (χ1v) is 10.0. The molecule has 7 nitrogen and oxygen atoms in total. The molecule has 1 amide bonds. The molecule has 148 valence electrons. The highest BCUT2D eigenvalue weighted by molar-refractivity contribution is 5.96. The third-order valence-corrected chi connectivity index (χ3v) is 5.64. The molecule has 2 aliphatic rings. The second-order valence-corrected chi connectivity index (χ2v) is 7.57. The molecular weight excluding hydrogens is 356 g/mol. The summed E-state index contributed by atoms with van der Waals surface area (Å²) in [6.07, 6.45) is 6.90. The third-order valence-electron chi connectivity index (χ3n) is 5.64. The summed E-state index contributed by atoms with van der Waals surface area (Å²) >= 11 is 0. The van der Waals surface area contributed by atoms with E-state index in [1.54, 1.807) is 0 Å². The van der Waals surface area contributed by atoms with Crippen molar-refractivity contribution >= 4 is 11.9 Å². The van der Waals surface area contributed by atoms with Crippen molar-refractivity contribution in [1.29, 1.82) is 0 Å². The van der Waals surface area contributed by atoms with Crippen LogP contribution >= 0.6 is 0 Å². The van der Waals surface area contributed by atoms with Gasteiger partial charge in [-0.15, -0.1) is 0 Å². The van der Waals surface area contributed by atoms with Gasteiger partial charge in [-0.3, -0.25) is 14.5 Å². The van der Waals surface area contributed by atoms with Crippen LogP contribution in [0.4, 0.5) is 0 Å². The molecular formula is C21H26N4O3. The molecule has 0 aromatic carbocycles. The van der Waals surface area contributed by atoms with E-state index in [0.717, 1.165) is 74.1 Å². The zero-order chi connectivity index (χ0) is 19.7. The van der Waals surface area contributed by atoms with Gasteiger partial charge in [0.2, 0.25) is 0 Å². The lowest BCUT2D eigenvalue weighted by Gasteiger charge is -2.19. The van der Waals surface area contributed by atoms with Crippen LogP contribution in [0.5, 0.6) is 0 Å². The van der Waals surface area contributed by atoms with Gasteiger partial charge < -0.3 is 10.1 Å². The van der Waals surface area contributed by atoms with E-state index in [2.05, 4.69) is 15.4 Å². The van der Waals surface area contributed by atoms with Gasteiger partial charge in [0.15, 0.2) is 0 Å². The number of amides is 1. The van der Waals surface area contributed by atoms with Crippen molar-refractivity contribution in [3.8, 4) is 0 Å². The lowest BCUT2D eigenvalue weighted by Crippen LogP contribution is -2.27. The Kier molecular flexibility index (Phi) is 5.15. The normalized spacial score (nSPS) is 15.5. The number of pyridine rings is 1. The van der Waals surface area contributed by atoms with E-state index in [1.807, 2.05) is 17.7 Å². The van der Waals surface area contributed by atoms with E-state index in [0.29, 0.717) is 16.8 Å². The number of aromatic nitrogens is 3. The van der Waals surface area contributed by atoms with Crippen molar-refractivity contribution < 1.29 is 14.3 Å². The Hall–Kier alpha value is -2.70. The van der Waals surface area contributed by atoms with E-state index in [-0.39, 0.29) is 18.4 Å². The molecule has 0 bridgehead atoms. The third kappa shape index (κ3) is 3.41. The van der Waals surface area contributed by atoms with Gasteiger partial charge in [0.25, 0.3) is 5.91 Å². The summed E-state index contributed by atoms with van der Waals surface area (Å²) in [5.74, 6) is -0.519. The van der Waals surface area contributed by atoms with Gasteiger partial charge in [-0.05, 0) is 63.5 Å². The molecule has 0 saturated heterocycles. The molecule has 3 heterocycles. The average molecular weight is 382 g/mol. The molecule has 0 radical (unpaired) electrons. The van der Waals surface area contributed by atoms with Crippen molar-refractivity contribution in [2.75, 3.05) is 7.11 Å². The van der Waals surface area contributed by atoms with E-state index >= 15 is 0 Å². The fourth-order valence-corrected chi connectivity index (χ4v) is 4.31. The minimum atomic E-state index is -0.385. The Balaban J connectivity index is 1.59. The van der Waals surface area contributed by atoms with Crippen LogP contribution in [-0.4, -0.2) is 33.8 Å². The quantitative estimate of drug-likeness (QED) is 0.821. The fraction of sp³-hybridized carbons (Fsp3) is 0.524. The highest BCUT2D eigenvalue weighted by Gasteiger charge is 2.27. The zero-order valence-corrected chi connectivity index (χ0v) is 16.5. The molecule has 2 aromatic rings. The number of nitrogens with zero attached hydrogens (tertiary/aromatic N) is 3. The molecule has 0 saturated carbocycles. The molecule has 0 spiro atoms. The topological polar surface area (TPSA) is 86.1 Å². The molecule has 2 aromatic heterocycles. The summed E-state index contributed by atoms with van der Waals surface area (Å²) < 4.78 is 6.85. The highest BCUT2D eigenvalue weighted by Crippen LogP contribution is 2.25. The van der Waals surface area contributed by atoms with Crippen LogP contribution in [0.15, 0.2) is 6.07 Å². The first-order valence-electron chi connectivity index (χ1n) is 10.0. The van der Waals surface area contributed by atoms with E-state index in [4.69, 9.17) is 4.74 Å². The number of carbonyl (C=O) groups excluding carboxylic acids is 2. The Bertz CT molecular complexity index is 932. The second-order valence-electron chi connectivity index (χ2n) is 7.57. The molecule has 0 unspecified atom stereocenters. The minimum absolute atomic E-state index is 0.134. The van der Waals surface area contributed by atoms with Crippen LogP contribution in [0.25, 0.3) is 0 Å². The van der Waals surface area contributed by atoms with Crippen LogP contribution in [0.1, 0.15) is 74.7 Å². The van der Waals surface area contributed by atoms with E-state index in [1.165, 1.54) is 7.11 Å². The van der Waals surface area contributed by atoms with Crippen molar-refractivity contribution in [3.05, 3.63) is 45.5 Å². The molecule has 1 aliphatic heterocycles. The molecule has 7 heteroatoms. The van der Waals surface area contributed by atoms with Gasteiger partial charge in [0.1, 0.15) is 5.56 Å². The maximum absolute atomic E-state index is 12.9. The number of ether oxygens (including phenoxy) is 1. The monoisotopic (exact) mass is 382 g/mol. The number of hydrogen-bond donors (Lipinski definition) is 1. The van der Waals surface area contributed by atoms with Gasteiger partial charge in [-0.25, -0.2) is 4.79 Å². The van der Waals surface area contributed by atoms with Crippen LogP contribution in [0, 0.1) is 6.92 Å². The number of hydrogen-bond acceptors (Lipinski definition) is 5. The first kappa shape index (κ1) is 18.7. The standard InChI is InChI=1S/C21H26N4O3/c1-13-11-15(14-7-3-4-8-16(14)23-13)20(26)22-12-17-19(21(27)28-2)18-9-5-6-10-25(18)24-17/h11H,3-10,12H2,1-2H3,(H,22,26). The van der Waals surface area contributed by atoms with Crippen molar-refractivity contribution in [2.45, 2.75) is 65.0 Å². The maximum Gasteiger partial charge on any atom is 0.341 e. The molecule has 0 fully saturated rings. The zero-order valence-electron chi connectivity index (χ0n) is 16.5. The molecule has 0 atom stereocenters. The largest absolute Gasteiger partial charge is 0.465 e. The van der Waals surface area contributed by atoms with E-state index < -0.39 is 0 Å². The number of fused-ring (bicyclic) bond motifs is 2. The van der Waals surface area contributed by atoms with Gasteiger partial charge in [0, 0.05) is 23.5 Å². The average Bonchev–Trinajstić information content (AvgIpc) is 3.09. The molecule has 4 rings (SSSR count). The maximum atomic E-state index is 12.9. The number of esters is 1. The molecule has 1 aliphatic carbocycles. The Morgan fingerprint density at radius 1 is 1.18 bits per heavy atom. The van der Waals surface area contributed by atoms with Gasteiger partial charge in [-0.2, -0.15) is 5.10 Å². The lowest BCUT2D eigenvalue weighted by molar-refractivity contribution is 0.0597. The highest BCUT2D eigenvalue weighted by atomic mass is 16.5. The number of carbonyl (C=O) groups is 2. The minimum Gasteiger partial charge on any atom is -0.465 e. The van der Waals surface area contributed by atoms with Gasteiger partial charge >= 0.3 is 5.97 Å². The smallest absolute Gasteiger partial charge is 0.341 e. The number of rotatable bonds is 4.